The van der Waals surface area contributed by atoms with Crippen molar-refractivity contribution in [3.8, 4) is 0 Å². The molecule has 3 nitrogen and oxygen atoms in total. The number of alkyl halides is 3. The van der Waals surface area contributed by atoms with Gasteiger partial charge in [0.25, 0.3) is 0 Å². The molecule has 0 amide bonds. The molecule has 0 aliphatic carbocycles. The Morgan fingerprint density at radius 2 is 1.76 bits per heavy atom. The molecule has 1 aromatic heterocycles. The summed E-state index contributed by atoms with van der Waals surface area (Å²) >= 11 is 0. The van der Waals surface area contributed by atoms with Crippen LogP contribution in [0.4, 0.5) is 13.2 Å². The van der Waals surface area contributed by atoms with Crippen molar-refractivity contribution in [1.82, 2.24) is 4.98 Å². The average Bonchev–Trinajstić information content (AvgIpc) is 2.48. The van der Waals surface area contributed by atoms with Crippen LogP contribution in [-0.4, -0.2) is 16.6 Å². The number of benzene rings is 1. The molecule has 3 N–H and O–H groups in total. The third-order valence-corrected chi connectivity index (χ3v) is 3.29. The Hall–Kier alpha value is -1.92. The third-order valence-electron chi connectivity index (χ3n) is 3.29. The zero-order chi connectivity index (χ0) is 15.5. The molecule has 2 aromatic rings. The summed E-state index contributed by atoms with van der Waals surface area (Å²) in [5.74, 6) is -0.699. The van der Waals surface area contributed by atoms with Gasteiger partial charge in [-0.1, -0.05) is 24.3 Å². The zero-order valence-electron chi connectivity index (χ0n) is 11.1. The first-order valence-electron chi connectivity index (χ1n) is 6.40. The number of hydrogen-bond acceptors (Lipinski definition) is 3. The van der Waals surface area contributed by atoms with Crippen LogP contribution in [0.15, 0.2) is 48.7 Å². The summed E-state index contributed by atoms with van der Waals surface area (Å²) in [4.78, 5) is 4.07. The third kappa shape index (κ3) is 3.40. The minimum atomic E-state index is -4.53. The largest absolute Gasteiger partial charge is 0.416 e. The lowest BCUT2D eigenvalue weighted by molar-refractivity contribution is -0.139. The number of nitrogens with zero attached hydrogens (tertiary/aromatic N) is 1. The first-order chi connectivity index (χ1) is 9.95. The molecule has 0 bridgehead atoms. The highest BCUT2D eigenvalue weighted by atomic mass is 19.4. The number of nitrogens with two attached hydrogens (primary N) is 1. The van der Waals surface area contributed by atoms with Crippen molar-refractivity contribution in [1.29, 1.82) is 0 Å². The van der Waals surface area contributed by atoms with E-state index in [-0.39, 0.29) is 12.1 Å². The van der Waals surface area contributed by atoms with Crippen molar-refractivity contribution in [2.45, 2.75) is 18.2 Å². The number of rotatable bonds is 4. The predicted molar refractivity (Wildman–Crippen MR) is 72.4 cm³/mol. The van der Waals surface area contributed by atoms with E-state index in [1.807, 2.05) is 0 Å². The Kier molecular flexibility index (Phi) is 4.59. The summed E-state index contributed by atoms with van der Waals surface area (Å²) < 4.78 is 39.1. The fourth-order valence-corrected chi connectivity index (χ4v) is 2.24. The van der Waals surface area contributed by atoms with E-state index in [0.29, 0.717) is 5.69 Å². The fourth-order valence-electron chi connectivity index (χ4n) is 2.24. The molecule has 0 radical (unpaired) electrons. The fraction of sp³-hybridized carbons (Fsp3) is 0.267. The SMILES string of the molecule is NCC(c1ccccn1)C(O)c1ccccc1C(F)(F)F. The van der Waals surface area contributed by atoms with Crippen LogP contribution in [0, 0.1) is 0 Å². The maximum atomic E-state index is 13.0. The molecule has 6 heteroatoms. The van der Waals surface area contributed by atoms with E-state index in [9.17, 15) is 18.3 Å². The van der Waals surface area contributed by atoms with Crippen LogP contribution < -0.4 is 5.73 Å². The molecular weight excluding hydrogens is 281 g/mol. The van der Waals surface area contributed by atoms with Crippen molar-refractivity contribution >= 4 is 0 Å². The van der Waals surface area contributed by atoms with Crippen LogP contribution in [0.2, 0.25) is 0 Å². The molecule has 0 fully saturated rings. The Bertz CT molecular complexity index is 587. The second kappa shape index (κ2) is 6.24. The van der Waals surface area contributed by atoms with Gasteiger partial charge in [-0.05, 0) is 23.8 Å². The quantitative estimate of drug-likeness (QED) is 0.912. The summed E-state index contributed by atoms with van der Waals surface area (Å²) in [5, 5.41) is 10.4. The molecule has 0 saturated carbocycles. The number of pyridine rings is 1. The standard InChI is InChI=1S/C15H15F3N2O/c16-15(17,18)12-6-2-1-5-10(12)14(21)11(9-19)13-7-3-4-8-20-13/h1-8,11,14,21H,9,19H2. The number of hydrogen-bond donors (Lipinski definition) is 2. The number of aromatic nitrogens is 1. The highest BCUT2D eigenvalue weighted by Gasteiger charge is 2.36. The lowest BCUT2D eigenvalue weighted by Gasteiger charge is -2.24. The number of aliphatic hydroxyl groups excluding tert-OH is 1. The first kappa shape index (κ1) is 15.5. The first-order valence-corrected chi connectivity index (χ1v) is 6.40. The maximum absolute atomic E-state index is 13.0. The van der Waals surface area contributed by atoms with Gasteiger partial charge in [-0.3, -0.25) is 4.98 Å². The average molecular weight is 296 g/mol. The van der Waals surface area contributed by atoms with E-state index in [4.69, 9.17) is 5.73 Å². The lowest BCUT2D eigenvalue weighted by Crippen LogP contribution is -2.23. The van der Waals surface area contributed by atoms with Gasteiger partial charge in [0.15, 0.2) is 0 Å². The second-order valence-corrected chi connectivity index (χ2v) is 4.63. The van der Waals surface area contributed by atoms with Gasteiger partial charge < -0.3 is 10.8 Å². The van der Waals surface area contributed by atoms with Crippen molar-refractivity contribution < 1.29 is 18.3 Å². The summed E-state index contributed by atoms with van der Waals surface area (Å²) in [6.07, 6.45) is -4.39. The van der Waals surface area contributed by atoms with Crippen LogP contribution in [0.5, 0.6) is 0 Å². The Balaban J connectivity index is 2.42. The molecule has 0 spiro atoms. The number of aliphatic hydroxyl groups is 1. The molecule has 112 valence electrons. The summed E-state index contributed by atoms with van der Waals surface area (Å²) in [6.45, 7) is -0.00955. The highest BCUT2D eigenvalue weighted by molar-refractivity contribution is 5.33. The minimum absolute atomic E-state index is 0.00955. The van der Waals surface area contributed by atoms with E-state index < -0.39 is 23.8 Å². The van der Waals surface area contributed by atoms with Crippen LogP contribution in [0.3, 0.4) is 0 Å². The maximum Gasteiger partial charge on any atom is 0.416 e. The van der Waals surface area contributed by atoms with Crippen molar-refractivity contribution in [3.05, 3.63) is 65.5 Å². The van der Waals surface area contributed by atoms with Gasteiger partial charge in [0.05, 0.1) is 11.7 Å². The molecular formula is C15H15F3N2O. The van der Waals surface area contributed by atoms with Crippen molar-refractivity contribution in [3.63, 3.8) is 0 Å². The summed E-state index contributed by atoms with van der Waals surface area (Å²) in [7, 11) is 0. The Morgan fingerprint density at radius 3 is 2.33 bits per heavy atom. The molecule has 2 rings (SSSR count). The van der Waals surface area contributed by atoms with E-state index in [2.05, 4.69) is 4.98 Å². The molecule has 2 atom stereocenters. The van der Waals surface area contributed by atoms with Gasteiger partial charge in [0, 0.05) is 24.4 Å². The molecule has 1 aromatic carbocycles. The smallest absolute Gasteiger partial charge is 0.388 e. The van der Waals surface area contributed by atoms with Gasteiger partial charge in [-0.15, -0.1) is 0 Å². The monoisotopic (exact) mass is 296 g/mol. The van der Waals surface area contributed by atoms with Gasteiger partial charge in [-0.2, -0.15) is 13.2 Å². The molecule has 0 aliphatic heterocycles. The van der Waals surface area contributed by atoms with E-state index >= 15 is 0 Å². The van der Waals surface area contributed by atoms with Crippen LogP contribution in [-0.2, 0) is 6.18 Å². The summed E-state index contributed by atoms with van der Waals surface area (Å²) in [6, 6.07) is 9.98. The minimum Gasteiger partial charge on any atom is -0.388 e. The van der Waals surface area contributed by atoms with E-state index in [1.165, 1.54) is 24.4 Å². The van der Waals surface area contributed by atoms with Gasteiger partial charge in [0.2, 0.25) is 0 Å². The van der Waals surface area contributed by atoms with Crippen LogP contribution >= 0.6 is 0 Å². The van der Waals surface area contributed by atoms with Crippen molar-refractivity contribution in [2.75, 3.05) is 6.54 Å². The van der Waals surface area contributed by atoms with Gasteiger partial charge in [0.1, 0.15) is 0 Å². The molecule has 2 unspecified atom stereocenters. The lowest BCUT2D eigenvalue weighted by atomic mass is 9.89. The van der Waals surface area contributed by atoms with Gasteiger partial charge >= 0.3 is 6.18 Å². The van der Waals surface area contributed by atoms with Crippen LogP contribution in [0.1, 0.15) is 28.8 Å². The second-order valence-electron chi connectivity index (χ2n) is 4.63. The molecule has 21 heavy (non-hydrogen) atoms. The Labute approximate surface area is 120 Å². The summed E-state index contributed by atoms with van der Waals surface area (Å²) in [5.41, 5.74) is 5.04. The topological polar surface area (TPSA) is 59.1 Å². The van der Waals surface area contributed by atoms with E-state index in [0.717, 1.165) is 6.07 Å². The van der Waals surface area contributed by atoms with Gasteiger partial charge in [-0.25, -0.2) is 0 Å². The number of halogens is 3. The van der Waals surface area contributed by atoms with E-state index in [1.54, 1.807) is 18.2 Å². The van der Waals surface area contributed by atoms with Crippen LogP contribution in [0.25, 0.3) is 0 Å². The highest BCUT2D eigenvalue weighted by Crippen LogP contribution is 2.38. The zero-order valence-corrected chi connectivity index (χ0v) is 11.1. The normalized spacial score (nSPS) is 14.7. The Morgan fingerprint density at radius 1 is 1.10 bits per heavy atom. The predicted octanol–water partition coefficient (Wildman–Crippen LogP) is 2.88. The molecule has 1 heterocycles. The molecule has 0 saturated heterocycles. The van der Waals surface area contributed by atoms with Crippen molar-refractivity contribution in [2.24, 2.45) is 5.73 Å². The molecule has 0 aliphatic rings.